The highest BCUT2D eigenvalue weighted by Crippen LogP contribution is 2.23. The van der Waals surface area contributed by atoms with E-state index in [0.29, 0.717) is 42.5 Å². The first kappa shape index (κ1) is 83.5. The molecule has 1 heterocycles. The monoisotopic (exact) mass is 1440 g/mol. The lowest BCUT2D eigenvalue weighted by molar-refractivity contribution is -0.140. The largest absolute Gasteiger partial charge is 0.350 e. The van der Waals surface area contributed by atoms with E-state index in [2.05, 4.69) is 53.2 Å². The summed E-state index contributed by atoms with van der Waals surface area (Å²) in [6.45, 7) is 16.6. The number of hydrogen-bond donors (Lipinski definition) is 12. The van der Waals surface area contributed by atoms with Gasteiger partial charge in [0.2, 0.25) is 65.0 Å². The van der Waals surface area contributed by atoms with Gasteiger partial charge in [-0.05, 0) is 111 Å². The third kappa shape index (κ3) is 26.6. The molecule has 26 heteroatoms. The van der Waals surface area contributed by atoms with E-state index in [1.807, 2.05) is 82.3 Å². The second-order valence-electron chi connectivity index (χ2n) is 27.9. The van der Waals surface area contributed by atoms with Crippen LogP contribution >= 0.6 is 0 Å². The summed E-state index contributed by atoms with van der Waals surface area (Å²) >= 11 is 0. The maximum Gasteiger partial charge on any atom is 0.243 e. The zero-order chi connectivity index (χ0) is 77.0. The van der Waals surface area contributed by atoms with E-state index in [-0.39, 0.29) is 69.2 Å². The fraction of sp³-hybridized carbons (Fsp3) is 0.456. The summed E-state index contributed by atoms with van der Waals surface area (Å²) in [4.78, 5) is 183. The van der Waals surface area contributed by atoms with Gasteiger partial charge >= 0.3 is 0 Å². The maximum absolute atomic E-state index is 14.8. The van der Waals surface area contributed by atoms with Crippen LogP contribution in [0.25, 0.3) is 11.1 Å². The van der Waals surface area contributed by atoms with Crippen LogP contribution in [0, 0.1) is 25.7 Å². The Balaban J connectivity index is 1.16. The van der Waals surface area contributed by atoms with E-state index in [0.717, 1.165) is 33.4 Å². The van der Waals surface area contributed by atoms with Crippen LogP contribution in [-0.4, -0.2) is 155 Å². The number of aryl methyl sites for hydroxylation is 2. The minimum absolute atomic E-state index is 0.00742. The van der Waals surface area contributed by atoms with Crippen LogP contribution < -0.4 is 64.6 Å². The summed E-state index contributed by atoms with van der Waals surface area (Å²) in [6, 6.07) is 25.8. The van der Waals surface area contributed by atoms with Crippen LogP contribution in [0.4, 0.5) is 0 Å². The summed E-state index contributed by atoms with van der Waals surface area (Å²) in [7, 11) is 0. The highest BCUT2D eigenvalue weighted by atomic mass is 16.2. The van der Waals surface area contributed by atoms with Crippen molar-refractivity contribution in [2.75, 3.05) is 13.1 Å². The normalized spacial score (nSPS) is 15.2. The molecule has 0 aromatic heterocycles. The SMILES string of the molecule is CC[C@H](NC(=O)[C@@H](NC(=O)CNC(=O)[C@H](Cc1ccc(C)cc1)NC(=O)[C@H](Cc1ccc(C)cc1)NC(=O)[C@H](CC(C)=O)NC(=O)[C@H](CC)NC(=O)[C@@H]1CCCN1C(=O)[C@@H](N)CC(C)C)C(C)C)C(=O)N[C@@H](Cc1ccc(-c2ccccc2)cc1)C(=O)N[C@@H](CC(C)=O)C(=O)NCc1cccc(CN)c1. The molecule has 6 rings (SSSR count). The molecule has 1 saturated heterocycles. The molecule has 0 saturated carbocycles. The second-order valence-corrected chi connectivity index (χ2v) is 27.9. The highest BCUT2D eigenvalue weighted by molar-refractivity contribution is 6.00. The van der Waals surface area contributed by atoms with E-state index in [9.17, 15) is 62.3 Å². The number of hydrogen-bond acceptors (Lipinski definition) is 15. The molecule has 5 aromatic carbocycles. The van der Waals surface area contributed by atoms with Crippen LogP contribution in [-0.2, 0) is 94.7 Å². The van der Waals surface area contributed by atoms with E-state index in [1.165, 1.54) is 18.7 Å². The molecule has 14 N–H and O–H groups in total. The highest BCUT2D eigenvalue weighted by Gasteiger charge is 2.39. The molecule has 0 radical (unpaired) electrons. The molecule has 1 aliphatic rings. The van der Waals surface area contributed by atoms with Crippen molar-refractivity contribution in [3.63, 3.8) is 0 Å². The van der Waals surface area contributed by atoms with Gasteiger partial charge < -0.3 is 69.5 Å². The number of nitrogens with one attached hydrogen (secondary N) is 10. The molecule has 26 nitrogen and oxygen atoms in total. The minimum Gasteiger partial charge on any atom is -0.350 e. The van der Waals surface area contributed by atoms with Crippen LogP contribution in [0.1, 0.15) is 139 Å². The summed E-state index contributed by atoms with van der Waals surface area (Å²) in [5.74, 6) is -9.56. The van der Waals surface area contributed by atoms with Gasteiger partial charge in [0.15, 0.2) is 0 Å². The molecule has 0 bridgehead atoms. The van der Waals surface area contributed by atoms with Gasteiger partial charge in [-0.1, -0.05) is 180 Å². The predicted octanol–water partition coefficient (Wildman–Crippen LogP) is 3.57. The number of carbonyl (C=O) groups is 13. The Morgan fingerprint density at radius 3 is 1.38 bits per heavy atom. The van der Waals surface area contributed by atoms with E-state index in [1.54, 1.807) is 100 Å². The van der Waals surface area contributed by atoms with E-state index in [4.69, 9.17) is 11.5 Å². The van der Waals surface area contributed by atoms with Gasteiger partial charge in [0, 0.05) is 51.7 Å². The van der Waals surface area contributed by atoms with Gasteiger partial charge in [-0.2, -0.15) is 0 Å². The molecule has 5 aromatic rings. The Morgan fingerprint density at radius 2 is 0.895 bits per heavy atom. The fourth-order valence-corrected chi connectivity index (χ4v) is 12.2. The first-order chi connectivity index (χ1) is 49.9. The molecular formula is C79H105N13O13. The van der Waals surface area contributed by atoms with Crippen LogP contribution in [0.5, 0.6) is 0 Å². The maximum atomic E-state index is 14.8. The van der Waals surface area contributed by atoms with E-state index >= 15 is 0 Å². The molecule has 0 spiro atoms. The van der Waals surface area contributed by atoms with Crippen molar-refractivity contribution in [3.05, 3.63) is 166 Å². The van der Waals surface area contributed by atoms with Crippen molar-refractivity contribution in [3.8, 4) is 11.1 Å². The molecule has 564 valence electrons. The van der Waals surface area contributed by atoms with Gasteiger partial charge in [0.25, 0.3) is 0 Å². The van der Waals surface area contributed by atoms with Gasteiger partial charge in [0.1, 0.15) is 65.9 Å². The molecule has 11 amide bonds. The Kier molecular flexibility index (Phi) is 32.7. The van der Waals surface area contributed by atoms with Crippen LogP contribution in [0.2, 0.25) is 0 Å². The molecule has 1 fully saturated rings. The molecular weight excluding hydrogens is 1340 g/mol. The molecule has 10 atom stereocenters. The second kappa shape index (κ2) is 41.1. The first-order valence-corrected chi connectivity index (χ1v) is 36.0. The Hall–Kier alpha value is -10.5. The van der Waals surface area contributed by atoms with Gasteiger partial charge in [-0.15, -0.1) is 0 Å². The van der Waals surface area contributed by atoms with Crippen molar-refractivity contribution in [1.29, 1.82) is 0 Å². The van der Waals surface area contributed by atoms with Crippen molar-refractivity contribution in [2.24, 2.45) is 23.3 Å². The van der Waals surface area contributed by atoms with Crippen molar-refractivity contribution in [2.45, 2.75) is 207 Å². The Bertz CT molecular complexity index is 3830. The van der Waals surface area contributed by atoms with Gasteiger partial charge in [-0.3, -0.25) is 62.3 Å². The number of rotatable bonds is 39. The summed E-state index contributed by atoms with van der Waals surface area (Å²) in [5.41, 5.74) is 19.1. The zero-order valence-corrected chi connectivity index (χ0v) is 61.9. The minimum atomic E-state index is -1.55. The topological polar surface area (TPSA) is 397 Å². The average molecular weight is 1440 g/mol. The summed E-state index contributed by atoms with van der Waals surface area (Å²) in [6.07, 6.45) is 0.150. The lowest BCUT2D eigenvalue weighted by atomic mass is 9.99. The fourth-order valence-electron chi connectivity index (χ4n) is 12.2. The average Bonchev–Trinajstić information content (AvgIpc) is 1.46. The van der Waals surface area contributed by atoms with Gasteiger partial charge in [0.05, 0.1) is 12.6 Å². The van der Waals surface area contributed by atoms with Gasteiger partial charge in [-0.25, -0.2) is 0 Å². The van der Waals surface area contributed by atoms with E-state index < -0.39 is 144 Å². The third-order valence-corrected chi connectivity index (χ3v) is 18.1. The molecule has 1 aliphatic heterocycles. The molecule has 0 unspecified atom stereocenters. The van der Waals surface area contributed by atoms with Crippen LogP contribution in [0.3, 0.4) is 0 Å². The number of carbonyl (C=O) groups excluding carboxylic acids is 13. The zero-order valence-electron chi connectivity index (χ0n) is 61.9. The quantitative estimate of drug-likeness (QED) is 0.0268. The van der Waals surface area contributed by atoms with Crippen molar-refractivity contribution in [1.82, 2.24) is 58.1 Å². The number of amides is 11. The Labute approximate surface area is 615 Å². The molecule has 0 aliphatic carbocycles. The number of likely N-dealkylation sites (tertiary alicyclic amines) is 1. The lowest BCUT2D eigenvalue weighted by Gasteiger charge is -2.29. The standard InChI is InChI=1S/C79H105N13O13/c1-11-60(84-77(103)67-22-17-35-92(67)79(105)59(81)36-46(3)4)72(98)87-63(38-51(10)94)74(100)90-66(41-53-29-25-49(8)26-30-53)76(102)88-64(40-52-27-23-48(7)24-28-52)71(97)83-45-68(95)91-69(47(5)6)78(104)85-61(12-2)73(99)89-65(42-54-31-33-58(34-32-54)57-20-14-13-15-21-57)75(101)86-62(37-50(9)93)70(96)82-44-56-19-16-18-55(39-56)43-80/h13-16,18-21,23-34,39,46-47,59-67,69H,11-12,17,22,35-38,40-45,80-81H2,1-10H3,(H,82,96)(H,83,97)(H,84,103)(H,85,104)(H,86,101)(H,87,98)(H,88,102)(H,89,99)(H,90,100)(H,91,95)/t59-,60-,61-,62-,63-,64-,65-,66-,67-,69-/m0/s1. The van der Waals surface area contributed by atoms with Crippen LogP contribution in [0.15, 0.2) is 127 Å². The number of ketones is 2. The number of nitrogens with two attached hydrogens (primary N) is 2. The number of Topliss-reactive ketones (excluding diaryl/α,β-unsaturated/α-hetero) is 2. The Morgan fingerprint density at radius 1 is 0.467 bits per heavy atom. The first-order valence-electron chi connectivity index (χ1n) is 36.0. The summed E-state index contributed by atoms with van der Waals surface area (Å²) in [5, 5.41) is 26.9. The lowest BCUT2D eigenvalue weighted by Crippen LogP contribution is -2.60. The summed E-state index contributed by atoms with van der Waals surface area (Å²) < 4.78 is 0. The third-order valence-electron chi connectivity index (χ3n) is 18.1. The molecule has 105 heavy (non-hydrogen) atoms. The number of nitrogens with zero attached hydrogens (tertiary/aromatic N) is 1. The number of benzene rings is 5. The predicted molar refractivity (Wildman–Crippen MR) is 398 cm³/mol. The smallest absolute Gasteiger partial charge is 0.243 e. The van der Waals surface area contributed by atoms with Crippen molar-refractivity contribution >= 4 is 76.5 Å². The van der Waals surface area contributed by atoms with Crippen molar-refractivity contribution < 1.29 is 62.3 Å².